The predicted molar refractivity (Wildman–Crippen MR) is 133 cm³/mol. The first-order valence-electron chi connectivity index (χ1n) is 11.2. The van der Waals surface area contributed by atoms with Crippen molar-refractivity contribution in [1.82, 2.24) is 19.6 Å². The maximum absolute atomic E-state index is 14.7. The summed E-state index contributed by atoms with van der Waals surface area (Å²) >= 11 is 0. The van der Waals surface area contributed by atoms with E-state index in [1.807, 2.05) is 27.7 Å². The summed E-state index contributed by atoms with van der Waals surface area (Å²) in [7, 11) is -4.07. The Morgan fingerprint density at radius 1 is 1.25 bits per heavy atom. The molecule has 3 aromatic rings. The quantitative estimate of drug-likeness (QED) is 0.522. The van der Waals surface area contributed by atoms with E-state index >= 15 is 0 Å². The number of hydrogen-bond acceptors (Lipinski definition) is 7. The molecule has 1 aliphatic heterocycles. The summed E-state index contributed by atoms with van der Waals surface area (Å²) in [5, 5.41) is 15.2. The van der Waals surface area contributed by atoms with Crippen LogP contribution in [-0.4, -0.2) is 29.3 Å². The molecule has 0 bridgehead atoms. The third-order valence-electron chi connectivity index (χ3n) is 5.99. The first kappa shape index (κ1) is 25.3. The highest BCUT2D eigenvalue weighted by Crippen LogP contribution is 2.32. The van der Waals surface area contributed by atoms with Crippen molar-refractivity contribution in [1.29, 1.82) is 5.26 Å². The van der Waals surface area contributed by atoms with Gasteiger partial charge in [-0.25, -0.2) is 31.1 Å². The van der Waals surface area contributed by atoms with E-state index in [1.165, 1.54) is 24.4 Å². The Balaban J connectivity index is 1.81. The molecule has 2 atom stereocenters. The predicted octanol–water partition coefficient (Wildman–Crippen LogP) is 4.45. The fourth-order valence-corrected chi connectivity index (χ4v) is 5.18. The Morgan fingerprint density at radius 2 is 1.94 bits per heavy atom. The number of pyridine rings is 1. The number of benzene rings is 1. The minimum atomic E-state index is -4.07. The fraction of sp³-hybridized carbons (Fsp3) is 0.320. The van der Waals surface area contributed by atoms with Crippen LogP contribution in [0.3, 0.4) is 0 Å². The summed E-state index contributed by atoms with van der Waals surface area (Å²) in [4.78, 5) is 8.49. The second-order valence-corrected chi connectivity index (χ2v) is 11.5. The molecule has 11 heteroatoms. The molecule has 188 valence electrons. The van der Waals surface area contributed by atoms with Crippen LogP contribution >= 0.6 is 0 Å². The van der Waals surface area contributed by atoms with E-state index in [-0.39, 0.29) is 33.6 Å². The first-order chi connectivity index (χ1) is 16.9. The molecule has 2 unspecified atom stereocenters. The van der Waals surface area contributed by atoms with Crippen molar-refractivity contribution in [3.63, 3.8) is 0 Å². The lowest BCUT2D eigenvalue weighted by Crippen LogP contribution is -2.45. The Bertz CT molecular complexity index is 1510. The summed E-state index contributed by atoms with van der Waals surface area (Å²) in [5.41, 5.74) is 0.838. The molecule has 1 aliphatic rings. The summed E-state index contributed by atoms with van der Waals surface area (Å²) in [6, 6.07) is 9.19. The van der Waals surface area contributed by atoms with Crippen LogP contribution in [-0.2, 0) is 10.0 Å². The second kappa shape index (κ2) is 9.35. The lowest BCUT2D eigenvalue weighted by molar-refractivity contribution is 0.298. The topological polar surface area (TPSA) is 112 Å². The number of nitrogens with zero attached hydrogens (tertiary/aromatic N) is 4. The zero-order valence-corrected chi connectivity index (χ0v) is 21.1. The molecule has 0 aliphatic carbocycles. The van der Waals surface area contributed by atoms with Crippen molar-refractivity contribution in [2.24, 2.45) is 10.4 Å². The van der Waals surface area contributed by atoms with E-state index in [1.54, 1.807) is 12.1 Å². The molecule has 8 nitrogen and oxygen atoms in total. The molecular formula is C25H26F2N6O2S. The highest BCUT2D eigenvalue weighted by atomic mass is 32.2. The summed E-state index contributed by atoms with van der Waals surface area (Å²) in [5.74, 6) is -1.41. The van der Waals surface area contributed by atoms with E-state index in [9.17, 15) is 22.5 Å². The monoisotopic (exact) mass is 512 g/mol. The van der Waals surface area contributed by atoms with Gasteiger partial charge in [-0.15, -0.1) is 0 Å². The third-order valence-corrected chi connectivity index (χ3v) is 7.65. The van der Waals surface area contributed by atoms with Crippen LogP contribution in [0.5, 0.6) is 0 Å². The molecule has 2 aromatic heterocycles. The van der Waals surface area contributed by atoms with E-state index in [4.69, 9.17) is 0 Å². The minimum absolute atomic E-state index is 0.0190. The number of aryl methyl sites for hydroxylation is 1. The molecule has 2 N–H and O–H groups in total. The van der Waals surface area contributed by atoms with E-state index in [0.717, 1.165) is 21.9 Å². The normalized spacial score (nSPS) is 17.1. The van der Waals surface area contributed by atoms with Gasteiger partial charge in [0.2, 0.25) is 0 Å². The average Bonchev–Trinajstić information content (AvgIpc) is 3.19. The zero-order chi connectivity index (χ0) is 26.3. The molecule has 0 fully saturated rings. The Labute approximate surface area is 208 Å². The number of hydrogen-bond donors (Lipinski definition) is 2. The molecule has 0 saturated carbocycles. The van der Waals surface area contributed by atoms with Crippen LogP contribution in [0.15, 0.2) is 64.6 Å². The highest BCUT2D eigenvalue weighted by molar-refractivity contribution is 7.90. The maximum Gasteiger partial charge on any atom is 0.269 e. The van der Waals surface area contributed by atoms with Gasteiger partial charge >= 0.3 is 0 Å². The number of fused-ring (bicyclic) bond motifs is 1. The number of nitrogens with one attached hydrogen (secondary N) is 2. The van der Waals surface area contributed by atoms with Gasteiger partial charge < -0.3 is 10.6 Å². The van der Waals surface area contributed by atoms with Crippen molar-refractivity contribution in [2.75, 3.05) is 0 Å². The van der Waals surface area contributed by atoms with Gasteiger partial charge in [0.1, 0.15) is 12.0 Å². The lowest BCUT2D eigenvalue weighted by Gasteiger charge is -2.32. The van der Waals surface area contributed by atoms with Crippen molar-refractivity contribution < 1.29 is 17.2 Å². The van der Waals surface area contributed by atoms with Gasteiger partial charge in [-0.2, -0.15) is 5.26 Å². The number of aliphatic imine (C=N–C) groups is 1. The lowest BCUT2D eigenvalue weighted by atomic mass is 9.85. The molecule has 36 heavy (non-hydrogen) atoms. The zero-order valence-electron chi connectivity index (χ0n) is 20.3. The maximum atomic E-state index is 14.7. The van der Waals surface area contributed by atoms with E-state index in [0.29, 0.717) is 5.56 Å². The average molecular weight is 513 g/mol. The van der Waals surface area contributed by atoms with Gasteiger partial charge in [-0.3, -0.25) is 0 Å². The highest BCUT2D eigenvalue weighted by Gasteiger charge is 2.30. The van der Waals surface area contributed by atoms with E-state index in [2.05, 4.69) is 26.7 Å². The van der Waals surface area contributed by atoms with Crippen LogP contribution in [0.2, 0.25) is 0 Å². The van der Waals surface area contributed by atoms with Gasteiger partial charge in [0.05, 0.1) is 23.6 Å². The molecule has 3 heterocycles. The molecule has 0 radical (unpaired) electrons. The summed E-state index contributed by atoms with van der Waals surface area (Å²) in [6.07, 6.45) is 2.55. The van der Waals surface area contributed by atoms with E-state index < -0.39 is 33.9 Å². The van der Waals surface area contributed by atoms with Gasteiger partial charge in [0.15, 0.2) is 17.3 Å². The van der Waals surface area contributed by atoms with Gasteiger partial charge in [0.25, 0.3) is 10.0 Å². The molecule has 1 aromatic carbocycles. The number of halogens is 2. The summed E-state index contributed by atoms with van der Waals surface area (Å²) < 4.78 is 56.8. The smallest absolute Gasteiger partial charge is 0.269 e. The molecule has 0 spiro atoms. The van der Waals surface area contributed by atoms with Crippen LogP contribution < -0.4 is 10.6 Å². The number of amidine groups is 1. The van der Waals surface area contributed by atoms with Crippen LogP contribution in [0, 0.1) is 29.5 Å². The minimum Gasteiger partial charge on any atom is -0.364 e. The molecule has 4 rings (SSSR count). The van der Waals surface area contributed by atoms with Gasteiger partial charge in [0, 0.05) is 29.4 Å². The largest absolute Gasteiger partial charge is 0.364 e. The van der Waals surface area contributed by atoms with Gasteiger partial charge in [-0.1, -0.05) is 38.5 Å². The SMILES string of the molecule is Cc1ccc(S(=O)(=O)n2cc(C3N=C(NC(CC#N)C(C)(C)C)C(F)=CN3)c3cc(F)cnc32)cc1. The van der Waals surface area contributed by atoms with Crippen LogP contribution in [0.25, 0.3) is 11.0 Å². The third kappa shape index (κ3) is 4.81. The van der Waals surface area contributed by atoms with Crippen molar-refractivity contribution in [3.05, 3.63) is 71.7 Å². The van der Waals surface area contributed by atoms with Crippen molar-refractivity contribution in [2.45, 2.75) is 51.2 Å². The Kier molecular flexibility index (Phi) is 6.58. The van der Waals surface area contributed by atoms with Gasteiger partial charge in [-0.05, 0) is 30.5 Å². The Morgan fingerprint density at radius 3 is 2.58 bits per heavy atom. The van der Waals surface area contributed by atoms with Crippen molar-refractivity contribution >= 4 is 26.9 Å². The second-order valence-electron chi connectivity index (χ2n) is 9.69. The van der Waals surface area contributed by atoms with Crippen molar-refractivity contribution in [3.8, 4) is 6.07 Å². The van der Waals surface area contributed by atoms with Crippen LogP contribution in [0.1, 0.15) is 44.5 Å². The molecular weight excluding hydrogens is 486 g/mol. The number of aromatic nitrogens is 2. The number of rotatable bonds is 5. The Hall–Kier alpha value is -3.78. The standard InChI is InChI=1S/C25H26F2N6O2S/c1-15-5-7-17(8-6-15)36(34,35)33-14-19(18-11-16(26)12-30-24(18)33)22-29-13-20(27)23(32-22)31-21(9-10-28)25(2,3)4/h5-8,11-14,21-22,29H,9H2,1-4H3,(H,31,32). The fourth-order valence-electron chi connectivity index (χ4n) is 3.85. The first-order valence-corrected chi connectivity index (χ1v) is 12.7. The summed E-state index contributed by atoms with van der Waals surface area (Å²) in [6.45, 7) is 7.60. The molecule has 0 saturated heterocycles. The molecule has 0 amide bonds. The number of nitriles is 1. The van der Waals surface area contributed by atoms with Crippen LogP contribution in [0.4, 0.5) is 8.78 Å².